The average Bonchev–Trinajstić information content (AvgIpc) is 2.53. The van der Waals surface area contributed by atoms with Crippen LogP contribution in [0.4, 0.5) is 24.5 Å². The van der Waals surface area contributed by atoms with E-state index in [4.69, 9.17) is 16.3 Å². The molecule has 25 heavy (non-hydrogen) atoms. The van der Waals surface area contributed by atoms with Gasteiger partial charge in [-0.25, -0.2) is 0 Å². The molecule has 1 aromatic heterocycles. The number of anilines is 2. The Balaban J connectivity index is 2.12. The normalized spacial score (nSPS) is 11.6. The molecule has 0 saturated heterocycles. The Morgan fingerprint density at radius 3 is 2.48 bits per heavy atom. The van der Waals surface area contributed by atoms with Gasteiger partial charge in [-0.15, -0.1) is 0 Å². The summed E-state index contributed by atoms with van der Waals surface area (Å²) in [5, 5.41) is 4.26. The second kappa shape index (κ2) is 6.44. The molecular weight excluding hydrogens is 353 g/mol. The minimum atomic E-state index is -4.41. The van der Waals surface area contributed by atoms with Gasteiger partial charge in [0.1, 0.15) is 5.75 Å². The number of rotatable bonds is 3. The summed E-state index contributed by atoms with van der Waals surface area (Å²) >= 11 is 6.03. The molecule has 3 nitrogen and oxygen atoms in total. The number of hydrogen-bond acceptors (Lipinski definition) is 3. The largest absolute Gasteiger partial charge is 0.495 e. The summed E-state index contributed by atoms with van der Waals surface area (Å²) in [4.78, 5) is 4.21. The van der Waals surface area contributed by atoms with E-state index in [-0.39, 0.29) is 5.52 Å². The highest BCUT2D eigenvalue weighted by Gasteiger charge is 2.30. The summed E-state index contributed by atoms with van der Waals surface area (Å²) in [6, 6.07) is 10.3. The fourth-order valence-corrected chi connectivity index (χ4v) is 2.74. The zero-order valence-corrected chi connectivity index (χ0v) is 14.2. The van der Waals surface area contributed by atoms with Crippen LogP contribution in [-0.2, 0) is 6.18 Å². The SMILES string of the molecule is COc1ccc(Cl)cc1Nc1cc(C)nc2cc(C(F)(F)F)ccc12. The van der Waals surface area contributed by atoms with Gasteiger partial charge in [0.25, 0.3) is 0 Å². The van der Waals surface area contributed by atoms with E-state index in [1.165, 1.54) is 13.2 Å². The van der Waals surface area contributed by atoms with E-state index in [0.717, 1.165) is 12.1 Å². The Hall–Kier alpha value is -2.47. The number of fused-ring (bicyclic) bond motifs is 1. The quantitative estimate of drug-likeness (QED) is 0.620. The van der Waals surface area contributed by atoms with Crippen LogP contribution < -0.4 is 10.1 Å². The van der Waals surface area contributed by atoms with Gasteiger partial charge in [0.2, 0.25) is 0 Å². The Morgan fingerprint density at radius 1 is 1.04 bits per heavy atom. The standard InChI is InChI=1S/C18H14ClF3N2O/c1-10-7-14(24-16-9-12(19)4-6-17(16)25-2)13-5-3-11(18(20,21)22)8-15(13)23-10/h3-9H,1-2H3,(H,23,24). The van der Waals surface area contributed by atoms with Crippen molar-refractivity contribution in [1.82, 2.24) is 4.98 Å². The van der Waals surface area contributed by atoms with Gasteiger partial charge in [-0.1, -0.05) is 17.7 Å². The first-order valence-electron chi connectivity index (χ1n) is 7.37. The summed E-state index contributed by atoms with van der Waals surface area (Å²) in [5.74, 6) is 0.568. The number of nitrogens with zero attached hydrogens (tertiary/aromatic N) is 1. The fourth-order valence-electron chi connectivity index (χ4n) is 2.56. The molecule has 0 saturated carbocycles. The first kappa shape index (κ1) is 17.4. The number of alkyl halides is 3. The number of pyridine rings is 1. The van der Waals surface area contributed by atoms with Crippen molar-refractivity contribution in [3.05, 3.63) is 58.7 Å². The van der Waals surface area contributed by atoms with Crippen molar-refractivity contribution in [2.24, 2.45) is 0 Å². The molecule has 0 amide bonds. The number of methoxy groups -OCH3 is 1. The molecule has 0 bridgehead atoms. The number of aromatic nitrogens is 1. The number of hydrogen-bond donors (Lipinski definition) is 1. The van der Waals surface area contributed by atoms with Crippen molar-refractivity contribution in [3.8, 4) is 5.75 Å². The third-order valence-corrected chi connectivity index (χ3v) is 3.93. The van der Waals surface area contributed by atoms with E-state index < -0.39 is 11.7 Å². The van der Waals surface area contributed by atoms with E-state index in [9.17, 15) is 13.2 Å². The van der Waals surface area contributed by atoms with Crippen molar-refractivity contribution >= 4 is 33.9 Å². The summed E-state index contributed by atoms with van der Waals surface area (Å²) in [7, 11) is 1.53. The van der Waals surface area contributed by atoms with Crippen molar-refractivity contribution in [3.63, 3.8) is 0 Å². The van der Waals surface area contributed by atoms with Crippen LogP contribution in [0.1, 0.15) is 11.3 Å². The molecule has 1 N–H and O–H groups in total. The molecule has 0 radical (unpaired) electrons. The van der Waals surface area contributed by atoms with Crippen LogP contribution in [0.15, 0.2) is 42.5 Å². The minimum Gasteiger partial charge on any atom is -0.495 e. The maximum absolute atomic E-state index is 12.9. The third kappa shape index (κ3) is 3.64. The molecule has 0 aliphatic rings. The number of nitrogens with one attached hydrogen (secondary N) is 1. The Morgan fingerprint density at radius 2 is 1.80 bits per heavy atom. The smallest absolute Gasteiger partial charge is 0.416 e. The molecule has 7 heteroatoms. The highest BCUT2D eigenvalue weighted by molar-refractivity contribution is 6.31. The molecular formula is C18H14ClF3N2O. The molecule has 0 aliphatic heterocycles. The second-order valence-electron chi connectivity index (χ2n) is 5.51. The number of benzene rings is 2. The first-order chi connectivity index (χ1) is 11.8. The van der Waals surface area contributed by atoms with E-state index in [0.29, 0.717) is 33.2 Å². The molecule has 0 aliphatic carbocycles. The summed E-state index contributed by atoms with van der Waals surface area (Å²) < 4.78 is 44.1. The minimum absolute atomic E-state index is 0.262. The lowest BCUT2D eigenvalue weighted by Gasteiger charge is -2.15. The number of ether oxygens (including phenoxy) is 1. The second-order valence-corrected chi connectivity index (χ2v) is 5.95. The predicted octanol–water partition coefficient (Wildman–Crippen LogP) is 5.97. The Kier molecular flexibility index (Phi) is 4.47. The van der Waals surface area contributed by atoms with Crippen LogP contribution in [0, 0.1) is 6.92 Å². The van der Waals surface area contributed by atoms with Gasteiger partial charge >= 0.3 is 6.18 Å². The molecule has 0 atom stereocenters. The van der Waals surface area contributed by atoms with E-state index in [2.05, 4.69) is 10.3 Å². The number of aryl methyl sites for hydroxylation is 1. The lowest BCUT2D eigenvalue weighted by atomic mass is 10.1. The lowest BCUT2D eigenvalue weighted by Crippen LogP contribution is -2.05. The van der Waals surface area contributed by atoms with Crippen LogP contribution in [0.2, 0.25) is 5.02 Å². The lowest BCUT2D eigenvalue weighted by molar-refractivity contribution is -0.137. The van der Waals surface area contributed by atoms with Crippen molar-refractivity contribution in [1.29, 1.82) is 0 Å². The molecule has 1 heterocycles. The first-order valence-corrected chi connectivity index (χ1v) is 7.75. The van der Waals surface area contributed by atoms with Gasteiger partial charge < -0.3 is 10.1 Å². The van der Waals surface area contributed by atoms with Gasteiger partial charge in [0.15, 0.2) is 0 Å². The zero-order chi connectivity index (χ0) is 18.2. The van der Waals surface area contributed by atoms with E-state index in [1.54, 1.807) is 31.2 Å². The summed E-state index contributed by atoms with van der Waals surface area (Å²) in [6.07, 6.45) is -4.41. The van der Waals surface area contributed by atoms with Crippen molar-refractivity contribution in [2.45, 2.75) is 13.1 Å². The molecule has 0 unspecified atom stereocenters. The highest BCUT2D eigenvalue weighted by Crippen LogP contribution is 2.36. The van der Waals surface area contributed by atoms with Crippen molar-refractivity contribution in [2.75, 3.05) is 12.4 Å². The summed E-state index contributed by atoms with van der Waals surface area (Å²) in [6.45, 7) is 1.72. The van der Waals surface area contributed by atoms with Gasteiger partial charge in [-0.3, -0.25) is 4.98 Å². The van der Waals surface area contributed by atoms with Crippen LogP contribution in [0.5, 0.6) is 5.75 Å². The fraction of sp³-hybridized carbons (Fsp3) is 0.167. The average molecular weight is 367 g/mol. The Bertz CT molecular complexity index is 941. The summed E-state index contributed by atoms with van der Waals surface area (Å²) in [5.41, 5.74) is 1.36. The van der Waals surface area contributed by atoms with Gasteiger partial charge in [0.05, 0.1) is 23.9 Å². The van der Waals surface area contributed by atoms with Crippen molar-refractivity contribution < 1.29 is 17.9 Å². The number of halogens is 4. The molecule has 3 aromatic rings. The predicted molar refractivity (Wildman–Crippen MR) is 92.8 cm³/mol. The van der Waals surface area contributed by atoms with Gasteiger partial charge in [0, 0.05) is 21.8 Å². The van der Waals surface area contributed by atoms with Gasteiger partial charge in [-0.05, 0) is 43.3 Å². The van der Waals surface area contributed by atoms with E-state index >= 15 is 0 Å². The molecule has 3 rings (SSSR count). The monoisotopic (exact) mass is 366 g/mol. The van der Waals surface area contributed by atoms with Crippen LogP contribution in [-0.4, -0.2) is 12.1 Å². The van der Waals surface area contributed by atoms with Crippen LogP contribution in [0.3, 0.4) is 0 Å². The molecule has 0 spiro atoms. The van der Waals surface area contributed by atoms with Crippen LogP contribution >= 0.6 is 11.6 Å². The van der Waals surface area contributed by atoms with E-state index in [1.807, 2.05) is 0 Å². The highest BCUT2D eigenvalue weighted by atomic mass is 35.5. The molecule has 2 aromatic carbocycles. The third-order valence-electron chi connectivity index (χ3n) is 3.70. The molecule has 0 fully saturated rings. The van der Waals surface area contributed by atoms with Gasteiger partial charge in [-0.2, -0.15) is 13.2 Å². The maximum atomic E-state index is 12.9. The maximum Gasteiger partial charge on any atom is 0.416 e. The molecule has 130 valence electrons. The Labute approximate surface area is 147 Å². The topological polar surface area (TPSA) is 34.1 Å². The van der Waals surface area contributed by atoms with Crippen LogP contribution in [0.25, 0.3) is 10.9 Å². The zero-order valence-electron chi connectivity index (χ0n) is 13.4.